The van der Waals surface area contributed by atoms with Crippen molar-refractivity contribution in [1.82, 2.24) is 14.9 Å². The van der Waals surface area contributed by atoms with Crippen LogP contribution in [0.5, 0.6) is 0 Å². The number of imidazole rings is 1. The molecule has 0 amide bonds. The molecule has 0 aliphatic carbocycles. The lowest BCUT2D eigenvalue weighted by Gasteiger charge is -2.04. The number of aromatic nitrogens is 2. The number of likely N-dealkylation sites (N-methyl/N-ethyl adjacent to an activating group) is 1. The Balaban J connectivity index is 2.05. The van der Waals surface area contributed by atoms with Gasteiger partial charge in [0.05, 0.1) is 5.69 Å². The fraction of sp³-hybridized carbons (Fsp3) is 0.438. The quantitative estimate of drug-likeness (QED) is 0.910. The molecule has 19 heavy (non-hydrogen) atoms. The van der Waals surface area contributed by atoms with Crippen LogP contribution in [0, 0.1) is 6.92 Å². The third kappa shape index (κ3) is 2.19. The fourth-order valence-corrected chi connectivity index (χ4v) is 2.94. The molecule has 100 valence electrons. The van der Waals surface area contributed by atoms with E-state index in [-0.39, 0.29) is 0 Å². The minimum absolute atomic E-state index is 0.990. The number of fused-ring (bicyclic) bond motifs is 1. The highest BCUT2D eigenvalue weighted by molar-refractivity contribution is 5.66. The van der Waals surface area contributed by atoms with E-state index in [2.05, 4.69) is 41.1 Å². The second-order valence-corrected chi connectivity index (χ2v) is 5.25. The van der Waals surface area contributed by atoms with Gasteiger partial charge in [-0.3, -0.25) is 0 Å². The molecule has 0 spiro atoms. The number of benzene rings is 1. The molecule has 1 N–H and O–H groups in total. The fourth-order valence-electron chi connectivity index (χ4n) is 2.94. The van der Waals surface area contributed by atoms with E-state index in [4.69, 9.17) is 4.98 Å². The van der Waals surface area contributed by atoms with Gasteiger partial charge in [-0.15, -0.1) is 0 Å². The van der Waals surface area contributed by atoms with Gasteiger partial charge in [0.15, 0.2) is 0 Å². The summed E-state index contributed by atoms with van der Waals surface area (Å²) in [6.07, 6.45) is 3.43. The van der Waals surface area contributed by atoms with Crippen LogP contribution < -0.4 is 5.32 Å². The zero-order valence-electron chi connectivity index (χ0n) is 11.7. The van der Waals surface area contributed by atoms with Crippen molar-refractivity contribution in [2.75, 3.05) is 13.6 Å². The van der Waals surface area contributed by atoms with Crippen molar-refractivity contribution in [2.45, 2.75) is 32.7 Å². The highest BCUT2D eigenvalue weighted by Crippen LogP contribution is 2.31. The molecule has 3 rings (SSSR count). The molecule has 0 bridgehead atoms. The number of nitrogens with one attached hydrogen (secondary N) is 1. The van der Waals surface area contributed by atoms with Crippen LogP contribution in [0.2, 0.25) is 0 Å². The molecular weight excluding hydrogens is 234 g/mol. The molecule has 0 fully saturated rings. The summed E-state index contributed by atoms with van der Waals surface area (Å²) in [6, 6.07) is 8.56. The predicted molar refractivity (Wildman–Crippen MR) is 78.4 cm³/mol. The smallest absolute Gasteiger partial charge is 0.110 e. The normalized spacial score (nSPS) is 13.8. The highest BCUT2D eigenvalue weighted by Gasteiger charge is 2.22. The molecule has 0 radical (unpaired) electrons. The summed E-state index contributed by atoms with van der Waals surface area (Å²) in [5.74, 6) is 1.24. The third-order valence-electron chi connectivity index (χ3n) is 3.95. The van der Waals surface area contributed by atoms with Crippen molar-refractivity contribution in [3.63, 3.8) is 0 Å². The Morgan fingerprint density at radius 2 is 2.16 bits per heavy atom. The molecule has 1 aliphatic rings. The first-order valence-electron chi connectivity index (χ1n) is 7.10. The molecule has 0 saturated heterocycles. The van der Waals surface area contributed by atoms with Crippen molar-refractivity contribution < 1.29 is 0 Å². The van der Waals surface area contributed by atoms with Gasteiger partial charge in [-0.1, -0.05) is 24.3 Å². The summed E-state index contributed by atoms with van der Waals surface area (Å²) in [7, 11) is 2.00. The van der Waals surface area contributed by atoms with Crippen LogP contribution in [0.15, 0.2) is 24.3 Å². The van der Waals surface area contributed by atoms with Gasteiger partial charge >= 0.3 is 0 Å². The lowest BCUT2D eigenvalue weighted by Crippen LogP contribution is -2.13. The summed E-state index contributed by atoms with van der Waals surface area (Å²) in [4.78, 5) is 4.92. The molecular formula is C16H21N3. The molecule has 2 heterocycles. The first-order valence-corrected chi connectivity index (χ1v) is 7.10. The molecule has 3 nitrogen and oxygen atoms in total. The van der Waals surface area contributed by atoms with Gasteiger partial charge in [0, 0.05) is 30.8 Å². The SMILES string of the molecule is CNCCc1nc(-c2ccccc2C)c2n1CCC2. The van der Waals surface area contributed by atoms with Crippen molar-refractivity contribution in [3.8, 4) is 11.3 Å². The number of hydrogen-bond donors (Lipinski definition) is 1. The van der Waals surface area contributed by atoms with Crippen molar-refractivity contribution in [3.05, 3.63) is 41.3 Å². The Morgan fingerprint density at radius 1 is 1.32 bits per heavy atom. The summed E-state index contributed by atoms with van der Waals surface area (Å²) in [6.45, 7) is 4.29. The van der Waals surface area contributed by atoms with Crippen molar-refractivity contribution in [2.24, 2.45) is 0 Å². The van der Waals surface area contributed by atoms with Crippen LogP contribution in [-0.2, 0) is 19.4 Å². The Hall–Kier alpha value is -1.61. The van der Waals surface area contributed by atoms with Crippen molar-refractivity contribution >= 4 is 0 Å². The summed E-state index contributed by atoms with van der Waals surface area (Å²) in [5.41, 5.74) is 5.25. The Bertz CT molecular complexity index is 584. The van der Waals surface area contributed by atoms with E-state index in [1.54, 1.807) is 0 Å². The molecule has 2 aromatic rings. The van der Waals surface area contributed by atoms with Crippen LogP contribution in [0.1, 0.15) is 23.5 Å². The first kappa shape index (κ1) is 12.4. The van der Waals surface area contributed by atoms with E-state index in [0.29, 0.717) is 0 Å². The van der Waals surface area contributed by atoms with Crippen LogP contribution >= 0.6 is 0 Å². The highest BCUT2D eigenvalue weighted by atomic mass is 15.1. The maximum Gasteiger partial charge on any atom is 0.110 e. The monoisotopic (exact) mass is 255 g/mol. The van der Waals surface area contributed by atoms with Crippen LogP contribution in [0.3, 0.4) is 0 Å². The Kier molecular flexibility index (Phi) is 3.38. The number of nitrogens with zero attached hydrogens (tertiary/aromatic N) is 2. The van der Waals surface area contributed by atoms with Gasteiger partial charge in [-0.05, 0) is 32.4 Å². The molecule has 1 aromatic carbocycles. The molecule has 1 aromatic heterocycles. The number of rotatable bonds is 4. The number of hydrogen-bond acceptors (Lipinski definition) is 2. The van der Waals surface area contributed by atoms with Gasteiger partial charge in [0.2, 0.25) is 0 Å². The molecule has 0 unspecified atom stereocenters. The number of aryl methyl sites for hydroxylation is 1. The Labute approximate surface area is 114 Å². The summed E-state index contributed by atoms with van der Waals surface area (Å²) in [5, 5.41) is 3.21. The average Bonchev–Trinajstić information content (AvgIpc) is 3.00. The largest absolute Gasteiger partial charge is 0.331 e. The van der Waals surface area contributed by atoms with Gasteiger partial charge in [-0.2, -0.15) is 0 Å². The summed E-state index contributed by atoms with van der Waals surface area (Å²) >= 11 is 0. The predicted octanol–water partition coefficient (Wildman–Crippen LogP) is 2.57. The van der Waals surface area contributed by atoms with Crippen LogP contribution in [-0.4, -0.2) is 23.1 Å². The lowest BCUT2D eigenvalue weighted by atomic mass is 10.0. The van der Waals surface area contributed by atoms with Gasteiger partial charge in [-0.25, -0.2) is 4.98 Å². The second kappa shape index (κ2) is 5.17. The molecule has 0 saturated carbocycles. The maximum atomic E-state index is 4.92. The van der Waals surface area contributed by atoms with Gasteiger partial charge in [0.25, 0.3) is 0 Å². The van der Waals surface area contributed by atoms with Crippen molar-refractivity contribution in [1.29, 1.82) is 0 Å². The van der Waals surface area contributed by atoms with E-state index >= 15 is 0 Å². The topological polar surface area (TPSA) is 29.9 Å². The molecule has 1 aliphatic heterocycles. The minimum atomic E-state index is 0.990. The van der Waals surface area contributed by atoms with Crippen LogP contribution in [0.25, 0.3) is 11.3 Å². The van der Waals surface area contributed by atoms with Crippen LogP contribution in [0.4, 0.5) is 0 Å². The minimum Gasteiger partial charge on any atom is -0.331 e. The van der Waals surface area contributed by atoms with E-state index in [9.17, 15) is 0 Å². The van der Waals surface area contributed by atoms with E-state index < -0.39 is 0 Å². The first-order chi connectivity index (χ1) is 9.31. The zero-order valence-corrected chi connectivity index (χ0v) is 11.7. The van der Waals surface area contributed by atoms with Gasteiger partial charge < -0.3 is 9.88 Å². The third-order valence-corrected chi connectivity index (χ3v) is 3.95. The second-order valence-electron chi connectivity index (χ2n) is 5.25. The standard InChI is InChI=1S/C16H21N3/c1-12-6-3-4-7-13(12)16-14-8-5-11-19(14)15(18-16)9-10-17-2/h3-4,6-7,17H,5,8-11H2,1-2H3. The Morgan fingerprint density at radius 3 is 2.95 bits per heavy atom. The van der Waals surface area contributed by atoms with E-state index in [0.717, 1.165) is 25.9 Å². The maximum absolute atomic E-state index is 4.92. The molecule has 3 heteroatoms. The van der Waals surface area contributed by atoms with Gasteiger partial charge in [0.1, 0.15) is 5.82 Å². The lowest BCUT2D eigenvalue weighted by molar-refractivity contribution is 0.663. The van der Waals surface area contributed by atoms with E-state index in [1.807, 2.05) is 7.05 Å². The summed E-state index contributed by atoms with van der Waals surface area (Å²) < 4.78 is 2.43. The molecule has 0 atom stereocenters. The average molecular weight is 255 g/mol. The van der Waals surface area contributed by atoms with E-state index in [1.165, 1.54) is 34.8 Å². The zero-order chi connectivity index (χ0) is 13.2.